The summed E-state index contributed by atoms with van der Waals surface area (Å²) in [6, 6.07) is 10.2. The largest absolute Gasteiger partial charge is 0.288 e. The first-order chi connectivity index (χ1) is 14.6. The van der Waals surface area contributed by atoms with Gasteiger partial charge >= 0.3 is 0 Å². The molecule has 0 saturated heterocycles. The number of rotatable bonds is 6. The summed E-state index contributed by atoms with van der Waals surface area (Å²) in [6.07, 6.45) is 6.92. The summed E-state index contributed by atoms with van der Waals surface area (Å²) >= 11 is 1.13. The molecule has 0 aliphatic rings. The Bertz CT molecular complexity index is 1260. The Morgan fingerprint density at radius 2 is 1.90 bits per heavy atom. The van der Waals surface area contributed by atoms with Gasteiger partial charge < -0.3 is 0 Å². The first-order valence-corrected chi connectivity index (χ1v) is 12.5. The molecule has 0 radical (unpaired) electrons. The zero-order valence-corrected chi connectivity index (χ0v) is 18.6. The minimum absolute atomic E-state index is 0.187. The normalized spacial score (nSPS) is 11.7. The van der Waals surface area contributed by atoms with Gasteiger partial charge in [-0.1, -0.05) is 6.07 Å². The molecule has 10 nitrogen and oxygen atoms in total. The monoisotopic (exact) mass is 485 g/mol. The van der Waals surface area contributed by atoms with Gasteiger partial charge in [0.25, 0.3) is 26.0 Å². The number of pyridine rings is 1. The predicted octanol–water partition coefficient (Wildman–Crippen LogP) is 2.26. The molecule has 0 spiro atoms. The lowest BCUT2D eigenvalue weighted by molar-refractivity contribution is -0.124. The summed E-state index contributed by atoms with van der Waals surface area (Å²) in [4.78, 5) is 15.9. The number of thiophene rings is 1. The van der Waals surface area contributed by atoms with Crippen molar-refractivity contribution in [2.75, 3.05) is 5.75 Å². The third-order valence-corrected chi connectivity index (χ3v) is 7.56. The molecule has 3 aromatic heterocycles. The van der Waals surface area contributed by atoms with Gasteiger partial charge in [-0.05, 0) is 48.9 Å². The Balaban J connectivity index is 0.000000501. The Morgan fingerprint density at radius 1 is 1.19 bits per heavy atom. The van der Waals surface area contributed by atoms with E-state index in [9.17, 15) is 21.6 Å². The van der Waals surface area contributed by atoms with Gasteiger partial charge in [0.05, 0.1) is 16.3 Å². The van der Waals surface area contributed by atoms with Crippen LogP contribution in [0.4, 0.5) is 0 Å². The SMILES string of the molecule is CCS(=O)(=O)O.O=C(C=Cc1ccn(S(=O)(=O)c2ccc(-c3ccccn3)s2)c1)NO. The van der Waals surface area contributed by atoms with E-state index in [0.717, 1.165) is 26.3 Å². The Kier molecular flexibility index (Phi) is 8.24. The molecule has 31 heavy (non-hydrogen) atoms. The van der Waals surface area contributed by atoms with Crippen molar-refractivity contribution in [2.45, 2.75) is 11.1 Å². The molecule has 0 atom stereocenters. The third-order valence-electron chi connectivity index (χ3n) is 3.62. The highest BCUT2D eigenvalue weighted by Gasteiger charge is 2.19. The Morgan fingerprint density at radius 3 is 2.48 bits per heavy atom. The number of carbonyl (C=O) groups is 1. The zero-order valence-electron chi connectivity index (χ0n) is 16.1. The number of carbonyl (C=O) groups excluding carboxylic acids is 1. The number of amides is 1. The first kappa shape index (κ1) is 24.4. The predicted molar refractivity (Wildman–Crippen MR) is 116 cm³/mol. The fourth-order valence-electron chi connectivity index (χ4n) is 2.06. The molecular formula is C18H19N3O7S3. The maximum Gasteiger partial charge on any atom is 0.277 e. The van der Waals surface area contributed by atoms with Crippen molar-refractivity contribution in [1.29, 1.82) is 0 Å². The summed E-state index contributed by atoms with van der Waals surface area (Å²) in [6.45, 7) is 1.37. The van der Waals surface area contributed by atoms with E-state index in [1.807, 2.05) is 12.1 Å². The molecule has 166 valence electrons. The van der Waals surface area contributed by atoms with E-state index in [4.69, 9.17) is 9.76 Å². The highest BCUT2D eigenvalue weighted by atomic mass is 32.2. The van der Waals surface area contributed by atoms with Crippen molar-refractivity contribution in [1.82, 2.24) is 14.4 Å². The van der Waals surface area contributed by atoms with E-state index in [-0.39, 0.29) is 9.96 Å². The van der Waals surface area contributed by atoms with Crippen LogP contribution in [0.5, 0.6) is 0 Å². The van der Waals surface area contributed by atoms with E-state index in [1.54, 1.807) is 30.5 Å². The van der Waals surface area contributed by atoms with Crippen LogP contribution < -0.4 is 5.48 Å². The lowest BCUT2D eigenvalue weighted by Crippen LogP contribution is -2.14. The number of hydrogen-bond donors (Lipinski definition) is 3. The van der Waals surface area contributed by atoms with Gasteiger partial charge in [-0.15, -0.1) is 11.3 Å². The topological polar surface area (TPSA) is 156 Å². The standard InChI is InChI=1S/C16H13N3O4S2.C2H6O3S/c20-15(18-21)6-4-12-8-10-19(11-12)25(22,23)16-7-5-14(24-16)13-3-1-2-9-17-13;1-2-6(3,4)5/h1-11,21H,(H,18,20);2H2,1H3,(H,3,4,5). The smallest absolute Gasteiger partial charge is 0.277 e. The van der Waals surface area contributed by atoms with Crippen LogP contribution in [0.2, 0.25) is 0 Å². The van der Waals surface area contributed by atoms with Gasteiger partial charge in [-0.2, -0.15) is 16.8 Å². The average Bonchev–Trinajstić information content (AvgIpc) is 3.43. The minimum Gasteiger partial charge on any atom is -0.288 e. The van der Waals surface area contributed by atoms with Crippen LogP contribution in [0.15, 0.2) is 65.3 Å². The second-order valence-electron chi connectivity index (χ2n) is 5.79. The number of hydrogen-bond acceptors (Lipinski definition) is 8. The van der Waals surface area contributed by atoms with E-state index in [2.05, 4.69) is 4.98 Å². The quantitative estimate of drug-likeness (QED) is 0.208. The van der Waals surface area contributed by atoms with Crippen molar-refractivity contribution in [3.63, 3.8) is 0 Å². The number of nitrogens with one attached hydrogen (secondary N) is 1. The highest BCUT2D eigenvalue weighted by molar-refractivity contribution is 7.92. The molecule has 3 aromatic rings. The zero-order chi connectivity index (χ0) is 23.1. The highest BCUT2D eigenvalue weighted by Crippen LogP contribution is 2.30. The van der Waals surface area contributed by atoms with Crippen molar-refractivity contribution < 1.29 is 31.4 Å². The van der Waals surface area contributed by atoms with E-state index in [1.165, 1.54) is 30.9 Å². The molecule has 1 amide bonds. The van der Waals surface area contributed by atoms with Crippen LogP contribution in [-0.4, -0.2) is 47.2 Å². The summed E-state index contributed by atoms with van der Waals surface area (Å²) in [5.74, 6) is -0.902. The second-order valence-corrected chi connectivity index (χ2v) is 10.7. The fraction of sp³-hybridized carbons (Fsp3) is 0.111. The van der Waals surface area contributed by atoms with E-state index >= 15 is 0 Å². The van der Waals surface area contributed by atoms with Crippen LogP contribution in [0.25, 0.3) is 16.6 Å². The van der Waals surface area contributed by atoms with Crippen LogP contribution >= 0.6 is 11.3 Å². The second kappa shape index (κ2) is 10.5. The summed E-state index contributed by atoms with van der Waals surface area (Å²) < 4.78 is 53.6. The van der Waals surface area contributed by atoms with Gasteiger partial charge in [0.2, 0.25) is 0 Å². The van der Waals surface area contributed by atoms with Gasteiger partial charge in [0, 0.05) is 24.7 Å². The fourth-order valence-corrected chi connectivity index (χ4v) is 4.65. The van der Waals surface area contributed by atoms with Crippen LogP contribution in [-0.2, 0) is 24.9 Å². The Labute approximate surface area is 183 Å². The molecule has 0 unspecified atom stereocenters. The maximum atomic E-state index is 12.7. The number of nitrogens with zero attached hydrogens (tertiary/aromatic N) is 2. The van der Waals surface area contributed by atoms with Gasteiger partial charge in [-0.3, -0.25) is 19.5 Å². The molecule has 0 fully saturated rings. The van der Waals surface area contributed by atoms with Crippen LogP contribution in [0.1, 0.15) is 12.5 Å². The Hall–Kier alpha value is -2.84. The average molecular weight is 486 g/mol. The molecule has 3 N–H and O–H groups in total. The molecule has 0 aliphatic carbocycles. The van der Waals surface area contributed by atoms with Crippen LogP contribution in [0, 0.1) is 0 Å². The maximum absolute atomic E-state index is 12.7. The van der Waals surface area contributed by atoms with Gasteiger partial charge in [-0.25, -0.2) is 9.45 Å². The molecule has 3 rings (SSSR count). The summed E-state index contributed by atoms with van der Waals surface area (Å²) in [7, 11) is -7.39. The lowest BCUT2D eigenvalue weighted by Gasteiger charge is -2.02. The van der Waals surface area contributed by atoms with E-state index < -0.39 is 26.0 Å². The molecule has 13 heteroatoms. The minimum atomic E-state index is -3.73. The molecule has 0 saturated carbocycles. The van der Waals surface area contributed by atoms with Crippen molar-refractivity contribution >= 4 is 43.5 Å². The van der Waals surface area contributed by atoms with Crippen LogP contribution in [0.3, 0.4) is 0 Å². The third kappa shape index (κ3) is 7.11. The van der Waals surface area contributed by atoms with Crippen molar-refractivity contribution in [3.8, 4) is 10.6 Å². The molecule has 3 heterocycles. The number of aromatic nitrogens is 2. The first-order valence-electron chi connectivity index (χ1n) is 8.59. The van der Waals surface area contributed by atoms with Crippen molar-refractivity contribution in [2.24, 2.45) is 0 Å². The van der Waals surface area contributed by atoms with Gasteiger partial charge in [0.1, 0.15) is 4.21 Å². The lowest BCUT2D eigenvalue weighted by atomic mass is 10.3. The molecule has 0 aliphatic heterocycles. The molecular weight excluding hydrogens is 466 g/mol. The molecule has 0 aromatic carbocycles. The van der Waals surface area contributed by atoms with E-state index in [0.29, 0.717) is 11.3 Å². The van der Waals surface area contributed by atoms with Gasteiger partial charge in [0.15, 0.2) is 0 Å². The summed E-state index contributed by atoms with van der Waals surface area (Å²) in [5, 5.41) is 8.44. The number of hydroxylamine groups is 1. The summed E-state index contributed by atoms with van der Waals surface area (Å²) in [5.41, 5.74) is 2.68. The van der Waals surface area contributed by atoms with Crippen molar-refractivity contribution in [3.05, 3.63) is 66.6 Å². The molecule has 0 bridgehead atoms.